The third-order valence-corrected chi connectivity index (χ3v) is 11.8. The first kappa shape index (κ1) is 45.2. The van der Waals surface area contributed by atoms with Crippen LogP contribution >= 0.6 is 43.2 Å². The molecule has 0 aromatic carbocycles. The van der Waals surface area contributed by atoms with Gasteiger partial charge in [0.2, 0.25) is 23.6 Å². The minimum atomic E-state index is -0.943. The Morgan fingerprint density at radius 3 is 0.800 bits per heavy atom. The zero-order valence-corrected chi connectivity index (χ0v) is 32.0. The van der Waals surface area contributed by atoms with Crippen molar-refractivity contribution in [2.24, 2.45) is 0 Å². The summed E-state index contributed by atoms with van der Waals surface area (Å²) in [6.45, 7) is 0. The number of ether oxygens (including phenoxy) is 4. The highest BCUT2D eigenvalue weighted by Crippen LogP contribution is 2.25. The van der Waals surface area contributed by atoms with E-state index in [1.807, 2.05) is 0 Å². The molecule has 1 heterocycles. The van der Waals surface area contributed by atoms with E-state index in [0.29, 0.717) is 38.5 Å². The van der Waals surface area contributed by atoms with Gasteiger partial charge in [0.05, 0.1) is 28.4 Å². The van der Waals surface area contributed by atoms with Crippen LogP contribution in [0.15, 0.2) is 0 Å². The number of rotatable bonds is 4. The summed E-state index contributed by atoms with van der Waals surface area (Å²) in [7, 11) is 9.68. The summed E-state index contributed by atoms with van der Waals surface area (Å²) in [6.07, 6.45) is 3.27. The Kier molecular flexibility index (Phi) is 24.3. The molecule has 284 valence electrons. The van der Waals surface area contributed by atoms with Crippen molar-refractivity contribution in [3.8, 4) is 0 Å². The average Bonchev–Trinajstić information content (AvgIpc) is 3.10. The van der Waals surface area contributed by atoms with E-state index < -0.39 is 48.0 Å². The molecule has 4 N–H and O–H groups in total. The Morgan fingerprint density at radius 2 is 0.620 bits per heavy atom. The molecule has 0 spiro atoms. The summed E-state index contributed by atoms with van der Waals surface area (Å²) >= 11 is 0. The minimum Gasteiger partial charge on any atom is -0.467 e. The molecule has 0 bridgehead atoms. The molecule has 0 radical (unpaired) electrons. The maximum absolute atomic E-state index is 12.6. The maximum atomic E-state index is 12.6. The van der Waals surface area contributed by atoms with Crippen molar-refractivity contribution < 1.29 is 57.3 Å². The number of carbonyl (C=O) groups excluding carboxylic acids is 8. The minimum absolute atomic E-state index is 0.106. The van der Waals surface area contributed by atoms with Crippen LogP contribution in [0.3, 0.4) is 0 Å². The van der Waals surface area contributed by atoms with Crippen LogP contribution in [0, 0.1) is 0 Å². The third kappa shape index (κ3) is 19.5. The van der Waals surface area contributed by atoms with Gasteiger partial charge in [-0.05, 0) is 25.7 Å². The Balaban J connectivity index is 2.94. The summed E-state index contributed by atoms with van der Waals surface area (Å²) in [5.41, 5.74) is 0. The highest BCUT2D eigenvalue weighted by atomic mass is 33.1. The molecule has 4 amide bonds. The third-order valence-electron chi connectivity index (χ3n) is 7.00. The molecular weight excluding hydrogens is 737 g/mol. The van der Waals surface area contributed by atoms with Gasteiger partial charge in [0, 0.05) is 48.7 Å². The highest BCUT2D eigenvalue weighted by molar-refractivity contribution is 8.77. The van der Waals surface area contributed by atoms with Gasteiger partial charge in [-0.15, -0.1) is 0 Å². The Bertz CT molecular complexity index is 979. The maximum Gasteiger partial charge on any atom is 0.329 e. The molecule has 0 saturated carbocycles. The summed E-state index contributed by atoms with van der Waals surface area (Å²) in [5.74, 6) is -3.48. The van der Waals surface area contributed by atoms with Crippen molar-refractivity contribution in [2.75, 3.05) is 51.5 Å². The average molecular weight is 785 g/mol. The molecule has 0 aliphatic carbocycles. The predicted octanol–water partition coefficient (Wildman–Crippen LogP) is 1.30. The number of hydrogen-bond donors (Lipinski definition) is 4. The van der Waals surface area contributed by atoms with E-state index in [-0.39, 0.29) is 72.3 Å². The molecule has 0 aromatic rings. The molecule has 0 unspecified atom stereocenters. The topological polar surface area (TPSA) is 222 Å². The van der Waals surface area contributed by atoms with Gasteiger partial charge in [0.25, 0.3) is 0 Å². The first-order chi connectivity index (χ1) is 23.9. The zero-order valence-electron chi connectivity index (χ0n) is 28.7. The SMILES string of the molecule is COC(=O)[C@@H]1CSSC[C@@H](C(=O)OC)NC(=O)CCCCCC(=O)N[C@H](C(=O)OC)CSSC[C@@H](C(=O)OC)NC(=O)CCCCCC(=O)N1. The predicted molar refractivity (Wildman–Crippen MR) is 192 cm³/mol. The lowest BCUT2D eigenvalue weighted by Crippen LogP contribution is -2.44. The summed E-state index contributed by atoms with van der Waals surface area (Å²) in [5, 5.41) is 10.6. The van der Waals surface area contributed by atoms with Gasteiger partial charge in [-0.3, -0.25) is 19.2 Å². The fourth-order valence-corrected chi connectivity index (χ4v) is 8.86. The van der Waals surface area contributed by atoms with Gasteiger partial charge >= 0.3 is 23.9 Å². The van der Waals surface area contributed by atoms with Gasteiger partial charge < -0.3 is 40.2 Å². The fourth-order valence-electron chi connectivity index (χ4n) is 4.27. The number of hydrogen-bond acceptors (Lipinski definition) is 16. The van der Waals surface area contributed by atoms with Crippen molar-refractivity contribution in [3.63, 3.8) is 0 Å². The standard InChI is InChI=1S/C30H48N4O12S4/c1-43-27(39)19-15-47-48-16-20(28(40)44-2)32-24(36)13-9-6-10-14-26(38)34-22(30(42)46-4)18-50-49-17-21(29(41)45-3)33-25(37)12-8-5-7-11-23(35)31-19/h19-22H,5-18H2,1-4H3,(H,31,35)(H,32,36)(H,33,37)(H,34,38)/t19-,20-,21-,22-/m0/s1. The second-order valence-corrected chi connectivity index (χ2v) is 15.9. The molecular formula is C30H48N4O12S4. The smallest absolute Gasteiger partial charge is 0.329 e. The molecule has 16 nitrogen and oxygen atoms in total. The van der Waals surface area contributed by atoms with Gasteiger partial charge in [0.1, 0.15) is 24.2 Å². The van der Waals surface area contributed by atoms with Gasteiger partial charge in [0.15, 0.2) is 0 Å². The zero-order chi connectivity index (χ0) is 37.3. The normalized spacial score (nSPS) is 24.1. The number of carbonyl (C=O) groups is 8. The molecule has 1 aliphatic heterocycles. The molecule has 20 heteroatoms. The Hall–Kier alpha value is -2.84. The summed E-state index contributed by atoms with van der Waals surface area (Å²) < 4.78 is 19.3. The first-order valence-electron chi connectivity index (χ1n) is 15.9. The quantitative estimate of drug-likeness (QED) is 0.179. The second kappa shape index (κ2) is 26.9. The van der Waals surface area contributed by atoms with Crippen LogP contribution in [-0.2, 0) is 57.3 Å². The first-order valence-corrected chi connectivity index (χ1v) is 20.9. The van der Waals surface area contributed by atoms with Crippen LogP contribution in [0.4, 0.5) is 0 Å². The lowest BCUT2D eigenvalue weighted by molar-refractivity contribution is -0.144. The van der Waals surface area contributed by atoms with Crippen molar-refractivity contribution in [3.05, 3.63) is 0 Å². The van der Waals surface area contributed by atoms with Crippen molar-refractivity contribution in [2.45, 2.75) is 88.4 Å². The highest BCUT2D eigenvalue weighted by Gasteiger charge is 2.26. The van der Waals surface area contributed by atoms with Gasteiger partial charge in [-0.25, -0.2) is 19.2 Å². The fraction of sp³-hybridized carbons (Fsp3) is 0.733. The lowest BCUT2D eigenvalue weighted by Gasteiger charge is -2.18. The van der Waals surface area contributed by atoms with Crippen LogP contribution in [-0.4, -0.2) is 123 Å². The van der Waals surface area contributed by atoms with Gasteiger partial charge in [-0.1, -0.05) is 56.0 Å². The van der Waals surface area contributed by atoms with E-state index in [1.54, 1.807) is 0 Å². The molecule has 4 atom stereocenters. The number of esters is 4. The van der Waals surface area contributed by atoms with Crippen molar-refractivity contribution >= 4 is 90.7 Å². The molecule has 0 aromatic heterocycles. The van der Waals surface area contributed by atoms with E-state index in [1.165, 1.54) is 71.6 Å². The summed E-state index contributed by atoms with van der Waals surface area (Å²) in [6, 6.07) is -3.77. The second-order valence-electron chi connectivity index (χ2n) is 10.8. The van der Waals surface area contributed by atoms with Crippen LogP contribution in [0.5, 0.6) is 0 Å². The molecule has 1 saturated heterocycles. The van der Waals surface area contributed by atoms with Crippen molar-refractivity contribution in [1.82, 2.24) is 21.3 Å². The van der Waals surface area contributed by atoms with Crippen LogP contribution < -0.4 is 21.3 Å². The van der Waals surface area contributed by atoms with E-state index in [2.05, 4.69) is 21.3 Å². The molecule has 1 fully saturated rings. The van der Waals surface area contributed by atoms with E-state index in [4.69, 9.17) is 18.9 Å². The number of amides is 4. The van der Waals surface area contributed by atoms with E-state index >= 15 is 0 Å². The van der Waals surface area contributed by atoms with E-state index in [9.17, 15) is 38.4 Å². The number of methoxy groups -OCH3 is 4. The van der Waals surface area contributed by atoms with E-state index in [0.717, 1.165) is 0 Å². The molecule has 50 heavy (non-hydrogen) atoms. The number of nitrogens with one attached hydrogen (secondary N) is 4. The van der Waals surface area contributed by atoms with Gasteiger partial charge in [-0.2, -0.15) is 0 Å². The summed E-state index contributed by atoms with van der Waals surface area (Å²) in [4.78, 5) is 99.4. The monoisotopic (exact) mass is 784 g/mol. The largest absolute Gasteiger partial charge is 0.467 e. The Morgan fingerprint density at radius 1 is 0.420 bits per heavy atom. The van der Waals surface area contributed by atoms with Crippen LogP contribution in [0.1, 0.15) is 64.2 Å². The molecule has 1 aliphatic rings. The Labute approximate surface area is 308 Å². The molecule has 1 rings (SSSR count). The lowest BCUT2D eigenvalue weighted by atomic mass is 10.1. The van der Waals surface area contributed by atoms with Crippen LogP contribution in [0.2, 0.25) is 0 Å². The van der Waals surface area contributed by atoms with Crippen molar-refractivity contribution in [1.29, 1.82) is 0 Å². The van der Waals surface area contributed by atoms with Crippen LogP contribution in [0.25, 0.3) is 0 Å².